The van der Waals surface area contributed by atoms with Crippen LogP contribution in [0.2, 0.25) is 0 Å². The zero-order valence-corrected chi connectivity index (χ0v) is 9.89. The van der Waals surface area contributed by atoms with Crippen LogP contribution in [0.5, 0.6) is 0 Å². The van der Waals surface area contributed by atoms with Gasteiger partial charge in [-0.1, -0.05) is 0 Å². The molecule has 0 amide bonds. The lowest BCUT2D eigenvalue weighted by molar-refractivity contribution is -0.141. The molecule has 98 valence electrons. The van der Waals surface area contributed by atoms with Gasteiger partial charge in [-0.05, 0) is 18.2 Å². The van der Waals surface area contributed by atoms with E-state index < -0.39 is 11.9 Å². The summed E-state index contributed by atoms with van der Waals surface area (Å²) in [6.45, 7) is 0. The largest absolute Gasteiger partial charge is 0.435 e. The fraction of sp³-hybridized carbons (Fsp3) is 0.167. The number of pyridine rings is 1. The predicted octanol–water partition coefficient (Wildman–Crippen LogP) is 2.78. The summed E-state index contributed by atoms with van der Waals surface area (Å²) >= 11 is 0. The maximum Gasteiger partial charge on any atom is 0.435 e. The lowest BCUT2D eigenvalue weighted by atomic mass is 10.3. The molecule has 0 saturated heterocycles. The number of rotatable bonds is 1. The van der Waals surface area contributed by atoms with Crippen LogP contribution < -0.4 is 0 Å². The maximum absolute atomic E-state index is 12.6. The first kappa shape index (κ1) is 11.8. The second kappa shape index (κ2) is 3.84. The van der Waals surface area contributed by atoms with Gasteiger partial charge in [-0.3, -0.25) is 9.25 Å². The highest BCUT2D eigenvalue weighted by atomic mass is 19.4. The van der Waals surface area contributed by atoms with E-state index in [-0.39, 0.29) is 0 Å². The first-order chi connectivity index (χ1) is 8.97. The highest BCUT2D eigenvalue weighted by Crippen LogP contribution is 2.30. The zero-order chi connectivity index (χ0) is 13.6. The fourth-order valence-electron chi connectivity index (χ4n) is 1.97. The molecule has 0 N–H and O–H groups in total. The minimum atomic E-state index is -4.45. The standard InChI is InChI=1S/C12H9F3N4/c1-18-10(7-9(17-18)12(13,14)15)19-6-4-8-3-2-5-16-11(8)19/h2-7H,1H3. The third-order valence-corrected chi connectivity index (χ3v) is 2.84. The Hall–Kier alpha value is -2.31. The summed E-state index contributed by atoms with van der Waals surface area (Å²) in [5, 5.41) is 4.35. The molecule has 3 aromatic heterocycles. The number of hydrogen-bond donors (Lipinski definition) is 0. The van der Waals surface area contributed by atoms with Gasteiger partial charge in [-0.15, -0.1) is 0 Å². The quantitative estimate of drug-likeness (QED) is 0.679. The molecule has 3 heterocycles. The van der Waals surface area contributed by atoms with E-state index in [2.05, 4.69) is 10.1 Å². The first-order valence-corrected chi connectivity index (χ1v) is 5.50. The molecule has 0 spiro atoms. The molecule has 0 aliphatic rings. The van der Waals surface area contributed by atoms with Gasteiger partial charge in [-0.25, -0.2) is 4.98 Å². The summed E-state index contributed by atoms with van der Waals surface area (Å²) in [5.74, 6) is 0.320. The summed E-state index contributed by atoms with van der Waals surface area (Å²) in [4.78, 5) is 4.17. The molecule has 0 aliphatic carbocycles. The molecule has 0 saturated carbocycles. The molecule has 0 aliphatic heterocycles. The van der Waals surface area contributed by atoms with E-state index in [1.807, 2.05) is 6.07 Å². The van der Waals surface area contributed by atoms with Crippen molar-refractivity contribution >= 4 is 11.0 Å². The second-order valence-corrected chi connectivity index (χ2v) is 4.11. The van der Waals surface area contributed by atoms with E-state index in [0.29, 0.717) is 11.5 Å². The minimum Gasteiger partial charge on any atom is -0.286 e. The Morgan fingerprint density at radius 1 is 1.21 bits per heavy atom. The van der Waals surface area contributed by atoms with Crippen molar-refractivity contribution in [2.45, 2.75) is 6.18 Å². The number of aryl methyl sites for hydroxylation is 1. The van der Waals surface area contributed by atoms with Gasteiger partial charge in [0.15, 0.2) is 5.69 Å². The topological polar surface area (TPSA) is 35.6 Å². The van der Waals surface area contributed by atoms with E-state index >= 15 is 0 Å². The first-order valence-electron chi connectivity index (χ1n) is 5.50. The Balaban J connectivity index is 2.20. The monoisotopic (exact) mass is 266 g/mol. The highest BCUT2D eigenvalue weighted by molar-refractivity contribution is 5.77. The van der Waals surface area contributed by atoms with E-state index in [1.165, 1.54) is 11.7 Å². The van der Waals surface area contributed by atoms with Crippen LogP contribution in [0.25, 0.3) is 16.9 Å². The van der Waals surface area contributed by atoms with Crippen molar-refractivity contribution in [1.82, 2.24) is 19.3 Å². The number of aromatic nitrogens is 4. The molecular formula is C12H9F3N4. The molecule has 0 aromatic carbocycles. The van der Waals surface area contributed by atoms with Crippen molar-refractivity contribution in [3.05, 3.63) is 42.4 Å². The summed E-state index contributed by atoms with van der Waals surface area (Å²) in [7, 11) is 1.47. The van der Waals surface area contributed by atoms with Crippen LogP contribution in [0, 0.1) is 0 Å². The van der Waals surface area contributed by atoms with Crippen molar-refractivity contribution in [2.24, 2.45) is 7.05 Å². The molecule has 19 heavy (non-hydrogen) atoms. The summed E-state index contributed by atoms with van der Waals surface area (Å²) in [6.07, 6.45) is -1.18. The Morgan fingerprint density at radius 3 is 2.68 bits per heavy atom. The van der Waals surface area contributed by atoms with Crippen molar-refractivity contribution in [3.8, 4) is 5.82 Å². The molecule has 0 fully saturated rings. The Bertz CT molecular complexity index is 739. The number of alkyl halides is 3. The zero-order valence-electron chi connectivity index (χ0n) is 9.89. The number of nitrogens with zero attached hydrogens (tertiary/aromatic N) is 4. The van der Waals surface area contributed by atoms with Gasteiger partial charge < -0.3 is 0 Å². The van der Waals surface area contributed by atoms with E-state index in [9.17, 15) is 13.2 Å². The molecule has 4 nitrogen and oxygen atoms in total. The van der Waals surface area contributed by atoms with Crippen molar-refractivity contribution in [2.75, 3.05) is 0 Å². The molecule has 0 atom stereocenters. The number of hydrogen-bond acceptors (Lipinski definition) is 2. The van der Waals surface area contributed by atoms with Crippen LogP contribution in [0.1, 0.15) is 5.69 Å². The normalized spacial score (nSPS) is 12.2. The third-order valence-electron chi connectivity index (χ3n) is 2.84. The molecule has 0 unspecified atom stereocenters. The molecule has 3 aromatic rings. The van der Waals surface area contributed by atoms with Crippen LogP contribution in [0.4, 0.5) is 13.2 Å². The van der Waals surface area contributed by atoms with Crippen LogP contribution in [-0.4, -0.2) is 19.3 Å². The van der Waals surface area contributed by atoms with E-state index in [4.69, 9.17) is 0 Å². The van der Waals surface area contributed by atoms with Gasteiger partial charge in [0, 0.05) is 30.9 Å². The summed E-state index contributed by atoms with van der Waals surface area (Å²) in [5.41, 5.74) is -0.318. The summed E-state index contributed by atoms with van der Waals surface area (Å²) in [6, 6.07) is 6.42. The maximum atomic E-state index is 12.6. The number of halogens is 3. The van der Waals surface area contributed by atoms with Crippen molar-refractivity contribution in [3.63, 3.8) is 0 Å². The van der Waals surface area contributed by atoms with Gasteiger partial charge in [0.2, 0.25) is 0 Å². The third kappa shape index (κ3) is 1.87. The Labute approximate surface area is 106 Å². The lowest BCUT2D eigenvalue weighted by Gasteiger charge is -2.03. The van der Waals surface area contributed by atoms with Crippen LogP contribution >= 0.6 is 0 Å². The minimum absolute atomic E-state index is 0.320. The Morgan fingerprint density at radius 2 is 2.00 bits per heavy atom. The van der Waals surface area contributed by atoms with E-state index in [0.717, 1.165) is 11.5 Å². The molecule has 0 bridgehead atoms. The van der Waals surface area contributed by atoms with Gasteiger partial charge in [0.25, 0.3) is 0 Å². The van der Waals surface area contributed by atoms with Crippen LogP contribution in [-0.2, 0) is 13.2 Å². The van der Waals surface area contributed by atoms with Crippen molar-refractivity contribution < 1.29 is 13.2 Å². The van der Waals surface area contributed by atoms with Gasteiger partial charge in [0.05, 0.1) is 0 Å². The summed E-state index contributed by atoms with van der Waals surface area (Å²) < 4.78 is 40.7. The molecule has 3 rings (SSSR count). The van der Waals surface area contributed by atoms with Crippen LogP contribution in [0.15, 0.2) is 36.7 Å². The Kier molecular flexibility index (Phi) is 2.38. The molecule has 7 heteroatoms. The smallest absolute Gasteiger partial charge is 0.286 e. The SMILES string of the molecule is Cn1nc(C(F)(F)F)cc1-n1ccc2cccnc21. The molecular weight excluding hydrogens is 257 g/mol. The average molecular weight is 266 g/mol. The fourth-order valence-corrected chi connectivity index (χ4v) is 1.97. The average Bonchev–Trinajstić information content (AvgIpc) is 2.91. The number of fused-ring (bicyclic) bond motifs is 1. The van der Waals surface area contributed by atoms with Gasteiger partial charge in [0.1, 0.15) is 11.5 Å². The second-order valence-electron chi connectivity index (χ2n) is 4.11. The van der Waals surface area contributed by atoms with Crippen LogP contribution in [0.3, 0.4) is 0 Å². The van der Waals surface area contributed by atoms with Crippen molar-refractivity contribution in [1.29, 1.82) is 0 Å². The van der Waals surface area contributed by atoms with Gasteiger partial charge >= 0.3 is 6.18 Å². The lowest BCUT2D eigenvalue weighted by Crippen LogP contribution is -2.06. The predicted molar refractivity (Wildman–Crippen MR) is 62.8 cm³/mol. The van der Waals surface area contributed by atoms with Gasteiger partial charge in [-0.2, -0.15) is 18.3 Å². The van der Waals surface area contributed by atoms with E-state index in [1.54, 1.807) is 29.1 Å². The highest BCUT2D eigenvalue weighted by Gasteiger charge is 2.34. The molecule has 0 radical (unpaired) electrons.